The zero-order valence-corrected chi connectivity index (χ0v) is 25.4. The number of aliphatic hydroxyl groups is 3. The van der Waals surface area contributed by atoms with Crippen LogP contribution in [0.5, 0.6) is 28.7 Å². The molecule has 1 fully saturated rings. The van der Waals surface area contributed by atoms with Crippen LogP contribution < -0.4 is 24.3 Å². The molecule has 3 aromatic carbocycles. The zero-order valence-electron chi connectivity index (χ0n) is 25.4. The third kappa shape index (κ3) is 7.90. The van der Waals surface area contributed by atoms with Gasteiger partial charge in [0.2, 0.25) is 12.0 Å². The summed E-state index contributed by atoms with van der Waals surface area (Å²) in [5, 5.41) is 54.7. The molecule has 0 radical (unpaired) electrons. The molecule has 5 atom stereocenters. The maximum Gasteiger partial charge on any atom is 0.338 e. The van der Waals surface area contributed by atoms with E-state index in [1.807, 2.05) is 30.3 Å². The van der Waals surface area contributed by atoms with E-state index < -0.39 is 49.3 Å². The number of carbonyl (C=O) groups excluding carboxylic acids is 1. The maximum absolute atomic E-state index is 13.0. The van der Waals surface area contributed by atoms with Gasteiger partial charge in [0.15, 0.2) is 23.0 Å². The molecule has 0 spiro atoms. The number of aromatic carboxylic acids is 1. The molecule has 0 saturated carbocycles. The molecule has 1 aliphatic heterocycles. The van der Waals surface area contributed by atoms with Crippen molar-refractivity contribution in [1.29, 1.82) is 0 Å². The third-order valence-corrected chi connectivity index (χ3v) is 7.18. The highest BCUT2D eigenvalue weighted by molar-refractivity contribution is 5.95. The topological polar surface area (TPSA) is 203 Å². The number of ether oxygens (including phenoxy) is 6. The van der Waals surface area contributed by atoms with Gasteiger partial charge in [-0.05, 0) is 24.6 Å². The normalized spacial score (nSPS) is 20.8. The summed E-state index contributed by atoms with van der Waals surface area (Å²) in [5.41, 5.74) is 1.09. The summed E-state index contributed by atoms with van der Waals surface area (Å²) in [6.45, 7) is 1.78. The Morgan fingerprint density at radius 2 is 1.59 bits per heavy atom. The zero-order chi connectivity index (χ0) is 33.4. The number of aliphatic hydroxyl groups excluding tert-OH is 3. The molecule has 46 heavy (non-hydrogen) atoms. The van der Waals surface area contributed by atoms with Crippen LogP contribution in [-0.4, -0.2) is 102 Å². The summed E-state index contributed by atoms with van der Waals surface area (Å²) in [6.07, 6.45) is -7.59. The summed E-state index contributed by atoms with van der Waals surface area (Å²) in [5.74, 6) is -2.48. The van der Waals surface area contributed by atoms with Crippen molar-refractivity contribution in [2.24, 2.45) is 0 Å². The van der Waals surface area contributed by atoms with E-state index in [-0.39, 0.29) is 52.2 Å². The monoisotopic (exact) mass is 643 g/mol. The lowest BCUT2D eigenvalue weighted by Crippen LogP contribution is -2.60. The summed E-state index contributed by atoms with van der Waals surface area (Å²) in [4.78, 5) is 24.8. The van der Waals surface area contributed by atoms with Gasteiger partial charge in [-0.15, -0.1) is 0 Å². The van der Waals surface area contributed by atoms with Crippen molar-refractivity contribution in [3.63, 3.8) is 0 Å². The van der Waals surface area contributed by atoms with Crippen molar-refractivity contribution in [2.45, 2.75) is 44.1 Å². The van der Waals surface area contributed by atoms with Crippen LogP contribution in [0.1, 0.15) is 33.2 Å². The molecule has 0 aliphatic carbocycles. The van der Waals surface area contributed by atoms with Gasteiger partial charge in [0.1, 0.15) is 31.0 Å². The fraction of sp³-hybridized carbons (Fsp3) is 0.375. The Labute approximate surface area is 264 Å². The minimum Gasteiger partial charge on any atom is -0.502 e. The highest BCUT2D eigenvalue weighted by atomic mass is 16.7. The number of hydrogen-bond donors (Lipinski definition) is 6. The van der Waals surface area contributed by atoms with E-state index in [1.165, 1.54) is 38.5 Å². The highest BCUT2D eigenvalue weighted by Crippen LogP contribution is 2.38. The van der Waals surface area contributed by atoms with E-state index in [2.05, 4.69) is 5.32 Å². The van der Waals surface area contributed by atoms with Crippen molar-refractivity contribution < 1.29 is 63.5 Å². The van der Waals surface area contributed by atoms with E-state index in [0.717, 1.165) is 5.56 Å². The average Bonchev–Trinajstić information content (AvgIpc) is 3.05. The van der Waals surface area contributed by atoms with Crippen LogP contribution in [0.3, 0.4) is 0 Å². The van der Waals surface area contributed by atoms with E-state index in [1.54, 1.807) is 6.92 Å². The number of benzene rings is 3. The standard InChI is InChI=1S/C32H37NO13/c1-4-33-20-15-22(21(41-2)14-19(20)30(38)39)45-32-29(37)28(36)27(35)25(46-32)16-44-31(40)18-12-23(42-3)26(34)24(13-18)43-11-10-17-8-6-5-7-9-17/h5-9,12-15,25,27-29,32-37H,4,10-11,16H2,1-3H3,(H,38,39)/t25-,27-,28+,29-,32+/m1/s1. The van der Waals surface area contributed by atoms with Crippen molar-refractivity contribution in [3.8, 4) is 28.7 Å². The molecule has 1 saturated heterocycles. The lowest BCUT2D eigenvalue weighted by Gasteiger charge is -2.40. The number of esters is 1. The molecule has 0 unspecified atom stereocenters. The first kappa shape index (κ1) is 34.1. The molecule has 6 N–H and O–H groups in total. The first-order valence-corrected chi connectivity index (χ1v) is 14.4. The molecule has 3 aromatic rings. The summed E-state index contributed by atoms with van der Waals surface area (Å²) < 4.78 is 33.0. The van der Waals surface area contributed by atoms with Gasteiger partial charge in [-0.3, -0.25) is 0 Å². The fourth-order valence-corrected chi connectivity index (χ4v) is 4.73. The number of phenolic OH excluding ortho intramolecular Hbond substituents is 1. The molecular weight excluding hydrogens is 606 g/mol. The molecule has 14 heteroatoms. The molecule has 248 valence electrons. The number of nitrogens with one attached hydrogen (secondary N) is 1. The quantitative estimate of drug-likeness (QED) is 0.140. The average molecular weight is 644 g/mol. The van der Waals surface area contributed by atoms with Crippen LogP contribution in [-0.2, 0) is 15.9 Å². The van der Waals surface area contributed by atoms with Gasteiger partial charge in [0.25, 0.3) is 0 Å². The summed E-state index contributed by atoms with van der Waals surface area (Å²) in [7, 11) is 2.60. The lowest BCUT2D eigenvalue weighted by molar-refractivity contribution is -0.277. The second kappa shape index (κ2) is 15.5. The number of aromatic hydroxyl groups is 1. The van der Waals surface area contributed by atoms with Crippen molar-refractivity contribution in [1.82, 2.24) is 0 Å². The second-order valence-corrected chi connectivity index (χ2v) is 10.2. The molecule has 1 aliphatic rings. The SMILES string of the molecule is CCNc1cc(O[C@H]2O[C@H](COC(=O)c3cc(OC)c(O)c(OCCc4ccccc4)c3)[C@@H](O)[C@H](O)[C@H]2O)c(OC)cc1C(=O)O. The maximum atomic E-state index is 13.0. The third-order valence-electron chi connectivity index (χ3n) is 7.18. The summed E-state index contributed by atoms with van der Waals surface area (Å²) >= 11 is 0. The van der Waals surface area contributed by atoms with Crippen LogP contribution in [0.25, 0.3) is 0 Å². The number of rotatable bonds is 14. The molecule has 4 rings (SSSR count). The molecule has 0 bridgehead atoms. The van der Waals surface area contributed by atoms with Gasteiger partial charge in [0, 0.05) is 25.1 Å². The Kier molecular flexibility index (Phi) is 11.5. The largest absolute Gasteiger partial charge is 0.502 e. The predicted octanol–water partition coefficient (Wildman–Crippen LogP) is 2.20. The van der Waals surface area contributed by atoms with Crippen molar-refractivity contribution in [2.75, 3.05) is 39.3 Å². The van der Waals surface area contributed by atoms with Crippen LogP contribution in [0, 0.1) is 0 Å². The molecule has 14 nitrogen and oxygen atoms in total. The van der Waals surface area contributed by atoms with Gasteiger partial charge in [-0.2, -0.15) is 0 Å². The second-order valence-electron chi connectivity index (χ2n) is 10.2. The van der Waals surface area contributed by atoms with E-state index in [9.17, 15) is 35.1 Å². The Morgan fingerprint density at radius 3 is 2.24 bits per heavy atom. The van der Waals surface area contributed by atoms with Crippen LogP contribution in [0.4, 0.5) is 5.69 Å². The Morgan fingerprint density at radius 1 is 0.891 bits per heavy atom. The fourth-order valence-electron chi connectivity index (χ4n) is 4.73. The van der Waals surface area contributed by atoms with Crippen LogP contribution in [0.15, 0.2) is 54.6 Å². The minimum atomic E-state index is -1.77. The Bertz CT molecular complexity index is 1500. The number of carbonyl (C=O) groups is 2. The highest BCUT2D eigenvalue weighted by Gasteiger charge is 2.46. The molecule has 0 aromatic heterocycles. The molecule has 1 heterocycles. The van der Waals surface area contributed by atoms with Gasteiger partial charge < -0.3 is 59.3 Å². The lowest BCUT2D eigenvalue weighted by atomic mass is 9.99. The number of hydrogen-bond acceptors (Lipinski definition) is 13. The van der Waals surface area contributed by atoms with E-state index in [4.69, 9.17) is 28.4 Å². The number of anilines is 1. The van der Waals surface area contributed by atoms with E-state index in [0.29, 0.717) is 13.0 Å². The van der Waals surface area contributed by atoms with Gasteiger partial charge >= 0.3 is 11.9 Å². The number of phenols is 1. The molecule has 0 amide bonds. The first-order valence-electron chi connectivity index (χ1n) is 14.4. The predicted molar refractivity (Wildman–Crippen MR) is 162 cm³/mol. The van der Waals surface area contributed by atoms with Gasteiger partial charge in [-0.25, -0.2) is 9.59 Å². The Hall–Kier alpha value is -4.76. The Balaban J connectivity index is 1.47. The number of carboxylic acid groups (broad SMARTS) is 1. The molecular formula is C32H37NO13. The van der Waals surface area contributed by atoms with Gasteiger partial charge in [0.05, 0.1) is 37.6 Å². The van der Waals surface area contributed by atoms with Crippen LogP contribution in [0.2, 0.25) is 0 Å². The van der Waals surface area contributed by atoms with Crippen molar-refractivity contribution >= 4 is 17.6 Å². The number of methoxy groups -OCH3 is 2. The minimum absolute atomic E-state index is 0.00140. The smallest absolute Gasteiger partial charge is 0.338 e. The van der Waals surface area contributed by atoms with Crippen molar-refractivity contribution in [3.05, 3.63) is 71.3 Å². The summed E-state index contributed by atoms with van der Waals surface area (Å²) in [6, 6.07) is 14.6. The first-order chi connectivity index (χ1) is 22.1. The van der Waals surface area contributed by atoms with Crippen LogP contribution >= 0.6 is 0 Å². The number of carboxylic acids is 1. The van der Waals surface area contributed by atoms with Gasteiger partial charge in [-0.1, -0.05) is 30.3 Å². The van der Waals surface area contributed by atoms with E-state index >= 15 is 0 Å².